The van der Waals surface area contributed by atoms with Gasteiger partial charge in [-0.25, -0.2) is 5.01 Å². The highest BCUT2D eigenvalue weighted by Crippen LogP contribution is 2.32. The lowest BCUT2D eigenvalue weighted by Gasteiger charge is -2.37. The number of fused-ring (bicyclic) bond motifs is 1. The number of nitrogens with zero attached hydrogens (tertiary/aromatic N) is 2. The lowest BCUT2D eigenvalue weighted by Crippen LogP contribution is -2.52. The van der Waals surface area contributed by atoms with Gasteiger partial charge in [0.1, 0.15) is 0 Å². The topological polar surface area (TPSA) is 118 Å². The van der Waals surface area contributed by atoms with Gasteiger partial charge in [-0.3, -0.25) is 25.1 Å². The standard InChI is InChI=1S/C19H14N4O5/c24-18(12-5-7-14(8-6-12)23(26)27)21-22-17(13-9-10-28-11-13)20-16-4-2-1-3-15(16)19(22)25/h1-11,17,20H,(H,21,24)/t17-/m1/s1. The van der Waals surface area contributed by atoms with E-state index in [1.165, 1.54) is 41.8 Å². The van der Waals surface area contributed by atoms with Crippen molar-refractivity contribution in [2.75, 3.05) is 5.32 Å². The predicted octanol–water partition coefficient (Wildman–Crippen LogP) is 3.10. The summed E-state index contributed by atoms with van der Waals surface area (Å²) in [6.45, 7) is 0. The van der Waals surface area contributed by atoms with Crippen LogP contribution in [0.25, 0.3) is 0 Å². The van der Waals surface area contributed by atoms with Gasteiger partial charge in [0.05, 0.1) is 23.0 Å². The largest absolute Gasteiger partial charge is 0.472 e. The average Bonchev–Trinajstić information content (AvgIpc) is 3.24. The highest BCUT2D eigenvalue weighted by atomic mass is 16.6. The Kier molecular flexibility index (Phi) is 4.24. The summed E-state index contributed by atoms with van der Waals surface area (Å²) in [5.41, 5.74) is 4.33. The molecule has 2 heterocycles. The number of carbonyl (C=O) groups excluding carboxylic acids is 2. The molecule has 9 nitrogen and oxygen atoms in total. The van der Waals surface area contributed by atoms with E-state index in [1.54, 1.807) is 30.3 Å². The second-order valence-corrected chi connectivity index (χ2v) is 6.07. The second-order valence-electron chi connectivity index (χ2n) is 6.07. The van der Waals surface area contributed by atoms with E-state index < -0.39 is 22.9 Å². The number of carbonyl (C=O) groups is 2. The van der Waals surface area contributed by atoms with Crippen molar-refractivity contribution in [2.45, 2.75) is 6.17 Å². The summed E-state index contributed by atoms with van der Waals surface area (Å²) in [7, 11) is 0. The predicted molar refractivity (Wildman–Crippen MR) is 98.2 cm³/mol. The van der Waals surface area contributed by atoms with Gasteiger partial charge in [-0.1, -0.05) is 12.1 Å². The first-order valence-corrected chi connectivity index (χ1v) is 8.31. The molecular formula is C19H14N4O5. The Balaban J connectivity index is 1.64. The number of nitro benzene ring substituents is 1. The minimum Gasteiger partial charge on any atom is -0.472 e. The van der Waals surface area contributed by atoms with E-state index in [2.05, 4.69) is 10.7 Å². The monoisotopic (exact) mass is 378 g/mol. The Morgan fingerprint density at radius 2 is 1.89 bits per heavy atom. The van der Waals surface area contributed by atoms with E-state index >= 15 is 0 Å². The van der Waals surface area contributed by atoms with Gasteiger partial charge in [-0.2, -0.15) is 0 Å². The SMILES string of the molecule is O=C(NN1C(=O)c2ccccc2N[C@H]1c1ccoc1)c1ccc([N+](=O)[O-])cc1. The third kappa shape index (κ3) is 3.05. The Hall–Kier alpha value is -4.14. The molecule has 0 saturated carbocycles. The van der Waals surface area contributed by atoms with Crippen LogP contribution >= 0.6 is 0 Å². The number of benzene rings is 2. The normalized spacial score (nSPS) is 15.5. The minimum absolute atomic E-state index is 0.127. The van der Waals surface area contributed by atoms with Crippen molar-refractivity contribution in [1.29, 1.82) is 0 Å². The molecule has 1 aliphatic heterocycles. The molecule has 3 aromatic rings. The zero-order valence-corrected chi connectivity index (χ0v) is 14.4. The number of hydrogen-bond donors (Lipinski definition) is 2. The van der Waals surface area contributed by atoms with E-state index in [-0.39, 0.29) is 11.3 Å². The van der Waals surface area contributed by atoms with E-state index in [4.69, 9.17) is 4.42 Å². The van der Waals surface area contributed by atoms with Crippen molar-refractivity contribution in [3.63, 3.8) is 0 Å². The highest BCUT2D eigenvalue weighted by molar-refractivity contribution is 6.04. The van der Waals surface area contributed by atoms with Crippen molar-refractivity contribution in [1.82, 2.24) is 10.4 Å². The number of nitro groups is 1. The van der Waals surface area contributed by atoms with Gasteiger partial charge in [0.25, 0.3) is 17.5 Å². The van der Waals surface area contributed by atoms with Crippen LogP contribution in [0.4, 0.5) is 11.4 Å². The summed E-state index contributed by atoms with van der Waals surface area (Å²) in [6, 6.07) is 13.8. The molecule has 1 aliphatic rings. The van der Waals surface area contributed by atoms with Gasteiger partial charge in [0.2, 0.25) is 0 Å². The van der Waals surface area contributed by atoms with Gasteiger partial charge in [-0.15, -0.1) is 0 Å². The number of hydrazine groups is 1. The van der Waals surface area contributed by atoms with Gasteiger partial charge in [-0.05, 0) is 30.3 Å². The molecule has 0 radical (unpaired) electrons. The molecule has 0 unspecified atom stereocenters. The maximum absolute atomic E-state index is 13.0. The molecule has 2 amide bonds. The molecule has 0 spiro atoms. The Labute approximate surface area is 158 Å². The molecular weight excluding hydrogens is 364 g/mol. The van der Waals surface area contributed by atoms with Crippen LogP contribution in [-0.4, -0.2) is 21.7 Å². The van der Waals surface area contributed by atoms with Crippen molar-refractivity contribution in [3.05, 3.63) is 93.9 Å². The van der Waals surface area contributed by atoms with E-state index in [0.717, 1.165) is 0 Å². The third-order valence-electron chi connectivity index (χ3n) is 4.35. The molecule has 9 heteroatoms. The summed E-state index contributed by atoms with van der Waals surface area (Å²) < 4.78 is 5.11. The highest BCUT2D eigenvalue weighted by Gasteiger charge is 2.35. The molecule has 0 bridgehead atoms. The number of furan rings is 1. The third-order valence-corrected chi connectivity index (χ3v) is 4.35. The zero-order valence-electron chi connectivity index (χ0n) is 14.4. The smallest absolute Gasteiger partial charge is 0.276 e. The van der Waals surface area contributed by atoms with Crippen molar-refractivity contribution < 1.29 is 18.9 Å². The molecule has 2 aromatic carbocycles. The van der Waals surface area contributed by atoms with Gasteiger partial charge in [0.15, 0.2) is 6.17 Å². The van der Waals surface area contributed by atoms with Gasteiger partial charge >= 0.3 is 0 Å². The number of non-ortho nitro benzene ring substituents is 1. The minimum atomic E-state index is -0.678. The average molecular weight is 378 g/mol. The fourth-order valence-electron chi connectivity index (χ4n) is 2.94. The Morgan fingerprint density at radius 1 is 1.14 bits per heavy atom. The molecule has 140 valence electrons. The van der Waals surface area contributed by atoms with Crippen LogP contribution in [0.5, 0.6) is 0 Å². The van der Waals surface area contributed by atoms with Crippen molar-refractivity contribution in [2.24, 2.45) is 0 Å². The molecule has 0 saturated heterocycles. The zero-order chi connectivity index (χ0) is 19.7. The Morgan fingerprint density at radius 3 is 2.57 bits per heavy atom. The number of rotatable bonds is 4. The summed E-state index contributed by atoms with van der Waals surface area (Å²) in [5, 5.41) is 15.1. The molecule has 4 rings (SSSR count). The van der Waals surface area contributed by atoms with Crippen LogP contribution in [0.1, 0.15) is 32.4 Å². The van der Waals surface area contributed by atoms with Crippen molar-refractivity contribution in [3.8, 4) is 0 Å². The van der Waals surface area contributed by atoms with Crippen LogP contribution in [-0.2, 0) is 0 Å². The van der Waals surface area contributed by atoms with Crippen LogP contribution in [0.3, 0.4) is 0 Å². The molecule has 0 aliphatic carbocycles. The molecule has 28 heavy (non-hydrogen) atoms. The number of hydrogen-bond acceptors (Lipinski definition) is 6. The number of amides is 2. The second kappa shape index (κ2) is 6.88. The van der Waals surface area contributed by atoms with Crippen LogP contribution in [0.15, 0.2) is 71.5 Å². The first-order valence-electron chi connectivity index (χ1n) is 8.31. The molecule has 0 fully saturated rings. The van der Waals surface area contributed by atoms with E-state index in [0.29, 0.717) is 16.8 Å². The number of nitrogens with one attached hydrogen (secondary N) is 2. The summed E-state index contributed by atoms with van der Waals surface area (Å²) in [5.74, 6) is -0.964. The van der Waals surface area contributed by atoms with Gasteiger partial charge in [0, 0.05) is 28.9 Å². The molecule has 1 aromatic heterocycles. The number of para-hydroxylation sites is 1. The first-order chi connectivity index (χ1) is 13.5. The fourth-order valence-corrected chi connectivity index (χ4v) is 2.94. The summed E-state index contributed by atoms with van der Waals surface area (Å²) in [6.07, 6.45) is 2.27. The van der Waals surface area contributed by atoms with E-state index in [1.807, 2.05) is 0 Å². The summed E-state index contributed by atoms with van der Waals surface area (Å²) in [4.78, 5) is 35.8. The summed E-state index contributed by atoms with van der Waals surface area (Å²) >= 11 is 0. The van der Waals surface area contributed by atoms with Crippen LogP contribution in [0, 0.1) is 10.1 Å². The lowest BCUT2D eigenvalue weighted by atomic mass is 10.1. The Bertz CT molecular complexity index is 1050. The first kappa shape index (κ1) is 17.3. The maximum Gasteiger partial charge on any atom is 0.276 e. The van der Waals surface area contributed by atoms with Crippen molar-refractivity contribution >= 4 is 23.2 Å². The quantitative estimate of drug-likeness (QED) is 0.532. The fraction of sp³-hybridized carbons (Fsp3) is 0.0526. The molecule has 2 N–H and O–H groups in total. The van der Waals surface area contributed by atoms with Gasteiger partial charge < -0.3 is 9.73 Å². The van der Waals surface area contributed by atoms with E-state index in [9.17, 15) is 19.7 Å². The van der Waals surface area contributed by atoms with Crippen LogP contribution < -0.4 is 10.7 Å². The maximum atomic E-state index is 13.0. The molecule has 1 atom stereocenters. The van der Waals surface area contributed by atoms with Crippen LogP contribution in [0.2, 0.25) is 0 Å². The number of anilines is 1. The lowest BCUT2D eigenvalue weighted by molar-refractivity contribution is -0.384.